The second-order valence-corrected chi connectivity index (χ2v) is 8.20. The average molecular weight is 334 g/mol. The van der Waals surface area contributed by atoms with Gasteiger partial charge in [0.15, 0.2) is 0 Å². The van der Waals surface area contributed by atoms with Crippen LogP contribution in [-0.4, -0.2) is 35.7 Å². The summed E-state index contributed by atoms with van der Waals surface area (Å²) in [6.45, 7) is 11.6. The van der Waals surface area contributed by atoms with E-state index in [2.05, 4.69) is 52.1 Å². The van der Waals surface area contributed by atoms with Crippen LogP contribution in [0.15, 0.2) is 12.1 Å². The summed E-state index contributed by atoms with van der Waals surface area (Å²) in [7, 11) is 0. The van der Waals surface area contributed by atoms with Crippen LogP contribution in [0.5, 0.6) is 0 Å². The summed E-state index contributed by atoms with van der Waals surface area (Å²) in [6.07, 6.45) is 0. The minimum atomic E-state index is -0.266. The Morgan fingerprint density at radius 1 is 1.17 bits per heavy atom. The van der Waals surface area contributed by atoms with E-state index in [1.165, 1.54) is 27.2 Å². The minimum Gasteiger partial charge on any atom is -0.329 e. The summed E-state index contributed by atoms with van der Waals surface area (Å²) in [5.41, 5.74) is 5.51. The van der Waals surface area contributed by atoms with Gasteiger partial charge in [-0.15, -0.1) is 0 Å². The molecule has 1 heterocycles. The molecule has 1 N–H and O–H groups in total. The third-order valence-electron chi connectivity index (χ3n) is 4.20. The van der Waals surface area contributed by atoms with E-state index < -0.39 is 0 Å². The van der Waals surface area contributed by atoms with Gasteiger partial charge in [0.1, 0.15) is 0 Å². The average Bonchev–Trinajstić information content (AvgIpc) is 2.75. The number of urea groups is 1. The van der Waals surface area contributed by atoms with Crippen LogP contribution in [0.4, 0.5) is 4.79 Å². The third kappa shape index (κ3) is 4.28. The Morgan fingerprint density at radius 3 is 2.26 bits per heavy atom. The van der Waals surface area contributed by atoms with E-state index in [0.29, 0.717) is 6.54 Å². The van der Waals surface area contributed by atoms with Gasteiger partial charge in [0.25, 0.3) is 0 Å². The van der Waals surface area contributed by atoms with Gasteiger partial charge in [-0.1, -0.05) is 32.9 Å². The van der Waals surface area contributed by atoms with Crippen LogP contribution >= 0.6 is 11.8 Å². The van der Waals surface area contributed by atoms with Crippen molar-refractivity contribution in [3.8, 4) is 0 Å². The summed E-state index contributed by atoms with van der Waals surface area (Å²) in [6, 6.07) is 4.29. The Hall–Kier alpha value is -1.49. The maximum Gasteiger partial charge on any atom is 0.324 e. The van der Waals surface area contributed by atoms with Gasteiger partial charge in [0.2, 0.25) is 5.91 Å². The number of carbonyl (C=O) groups is 2. The number of benzene rings is 1. The Morgan fingerprint density at radius 2 is 1.78 bits per heavy atom. The highest BCUT2D eigenvalue weighted by atomic mass is 32.2. The highest BCUT2D eigenvalue weighted by Gasteiger charge is 2.27. The molecule has 23 heavy (non-hydrogen) atoms. The molecule has 5 heteroatoms. The Kier molecular flexibility index (Phi) is 5.40. The van der Waals surface area contributed by atoms with Gasteiger partial charge < -0.3 is 5.32 Å². The van der Waals surface area contributed by atoms with Crippen LogP contribution in [0.2, 0.25) is 0 Å². The van der Waals surface area contributed by atoms with Crippen molar-refractivity contribution in [3.05, 3.63) is 34.4 Å². The van der Waals surface area contributed by atoms with E-state index in [1.807, 2.05) is 0 Å². The fourth-order valence-electron chi connectivity index (χ4n) is 2.67. The van der Waals surface area contributed by atoms with Gasteiger partial charge in [0, 0.05) is 18.1 Å². The molecule has 1 fully saturated rings. The molecule has 1 aliphatic rings. The Balaban J connectivity index is 1.93. The fraction of sp³-hybridized carbons (Fsp3) is 0.556. The number of thioether (sulfide) groups is 1. The molecule has 1 aliphatic heterocycles. The maximum absolute atomic E-state index is 11.5. The summed E-state index contributed by atoms with van der Waals surface area (Å²) in [4.78, 5) is 24.3. The molecular formula is C18H26N2O2S. The van der Waals surface area contributed by atoms with Crippen molar-refractivity contribution >= 4 is 23.7 Å². The number of amides is 3. The molecule has 0 spiro atoms. The maximum atomic E-state index is 11.5. The molecule has 3 amide bonds. The van der Waals surface area contributed by atoms with Gasteiger partial charge >= 0.3 is 6.03 Å². The van der Waals surface area contributed by atoms with Crippen molar-refractivity contribution in [3.63, 3.8) is 0 Å². The lowest BCUT2D eigenvalue weighted by atomic mass is 9.84. The molecule has 0 aromatic heterocycles. The van der Waals surface area contributed by atoms with Gasteiger partial charge in [0.05, 0.1) is 6.54 Å². The van der Waals surface area contributed by atoms with E-state index in [1.54, 1.807) is 11.8 Å². The zero-order chi connectivity index (χ0) is 17.2. The lowest BCUT2D eigenvalue weighted by molar-refractivity contribution is -0.124. The highest BCUT2D eigenvalue weighted by Crippen LogP contribution is 2.28. The molecule has 0 radical (unpaired) electrons. The Labute approximate surface area is 143 Å². The molecule has 0 aliphatic carbocycles. The fourth-order valence-corrected chi connectivity index (χ4v) is 3.78. The molecule has 0 atom stereocenters. The van der Waals surface area contributed by atoms with E-state index in [4.69, 9.17) is 0 Å². The van der Waals surface area contributed by atoms with Crippen molar-refractivity contribution in [2.75, 3.05) is 18.8 Å². The van der Waals surface area contributed by atoms with Gasteiger partial charge in [-0.25, -0.2) is 4.79 Å². The minimum absolute atomic E-state index is 0.127. The first-order valence-corrected chi connectivity index (χ1v) is 9.12. The normalized spacial score (nSPS) is 15.3. The molecule has 1 aromatic carbocycles. The monoisotopic (exact) mass is 334 g/mol. The number of aryl methyl sites for hydroxylation is 2. The standard InChI is InChI=1S/C18H26N2O2S/c1-12-8-14(18(3,4)5)9-13(2)15(12)11-23-7-6-20-16(21)10-19-17(20)22/h8-9H,6-7,10-11H2,1-5H3,(H,19,22). The number of nitrogens with zero attached hydrogens (tertiary/aromatic N) is 1. The molecule has 0 unspecified atom stereocenters. The second-order valence-electron chi connectivity index (χ2n) is 7.10. The summed E-state index contributed by atoms with van der Waals surface area (Å²) >= 11 is 1.77. The topological polar surface area (TPSA) is 49.4 Å². The van der Waals surface area contributed by atoms with Crippen molar-refractivity contribution in [1.82, 2.24) is 10.2 Å². The summed E-state index contributed by atoms with van der Waals surface area (Å²) in [5.74, 6) is 1.54. The zero-order valence-corrected chi connectivity index (χ0v) is 15.5. The predicted octanol–water partition coefficient (Wildman–Crippen LogP) is 3.39. The number of hydrogen-bond acceptors (Lipinski definition) is 3. The van der Waals surface area contributed by atoms with Gasteiger partial charge in [-0.05, 0) is 41.5 Å². The van der Waals surface area contributed by atoms with E-state index in [-0.39, 0.29) is 23.9 Å². The van der Waals surface area contributed by atoms with Crippen LogP contribution in [0.3, 0.4) is 0 Å². The lowest BCUT2D eigenvalue weighted by Crippen LogP contribution is -2.32. The summed E-state index contributed by atoms with van der Waals surface area (Å²) < 4.78 is 0. The number of hydrogen-bond donors (Lipinski definition) is 1. The van der Waals surface area contributed by atoms with Crippen LogP contribution < -0.4 is 5.32 Å². The number of carbonyl (C=O) groups excluding carboxylic acids is 2. The molecule has 0 bridgehead atoms. The largest absolute Gasteiger partial charge is 0.329 e. The number of imide groups is 1. The quantitative estimate of drug-likeness (QED) is 0.663. The van der Waals surface area contributed by atoms with Gasteiger partial charge in [-0.3, -0.25) is 9.69 Å². The van der Waals surface area contributed by atoms with Crippen molar-refractivity contribution in [1.29, 1.82) is 0 Å². The van der Waals surface area contributed by atoms with Crippen molar-refractivity contribution in [2.24, 2.45) is 0 Å². The third-order valence-corrected chi connectivity index (χ3v) is 5.17. The SMILES string of the molecule is Cc1cc(C(C)(C)C)cc(C)c1CSCCN1C(=O)CNC1=O. The van der Waals surface area contributed by atoms with E-state index in [9.17, 15) is 9.59 Å². The zero-order valence-electron chi connectivity index (χ0n) is 14.7. The van der Waals surface area contributed by atoms with Gasteiger partial charge in [-0.2, -0.15) is 11.8 Å². The smallest absolute Gasteiger partial charge is 0.324 e. The van der Waals surface area contributed by atoms with E-state index in [0.717, 1.165) is 11.5 Å². The predicted molar refractivity (Wildman–Crippen MR) is 95.9 cm³/mol. The molecule has 1 aromatic rings. The lowest BCUT2D eigenvalue weighted by Gasteiger charge is -2.22. The summed E-state index contributed by atoms with van der Waals surface area (Å²) in [5, 5.41) is 2.54. The first-order valence-electron chi connectivity index (χ1n) is 7.96. The van der Waals surface area contributed by atoms with Crippen LogP contribution in [0.25, 0.3) is 0 Å². The van der Waals surface area contributed by atoms with Crippen LogP contribution in [-0.2, 0) is 16.0 Å². The molecule has 4 nitrogen and oxygen atoms in total. The Bertz CT molecular complexity index is 581. The number of rotatable bonds is 5. The first-order chi connectivity index (χ1) is 10.7. The molecular weight excluding hydrogens is 308 g/mol. The molecule has 126 valence electrons. The number of nitrogens with one attached hydrogen (secondary N) is 1. The first kappa shape index (κ1) is 17.9. The molecule has 0 saturated carbocycles. The van der Waals surface area contributed by atoms with Crippen molar-refractivity contribution < 1.29 is 9.59 Å². The molecule has 1 saturated heterocycles. The molecule has 2 rings (SSSR count). The van der Waals surface area contributed by atoms with Crippen LogP contribution in [0.1, 0.15) is 43.0 Å². The van der Waals surface area contributed by atoms with Crippen molar-refractivity contribution in [2.45, 2.75) is 45.8 Å². The van der Waals surface area contributed by atoms with Crippen LogP contribution in [0, 0.1) is 13.8 Å². The highest BCUT2D eigenvalue weighted by molar-refractivity contribution is 7.98. The van der Waals surface area contributed by atoms with E-state index >= 15 is 0 Å². The second kappa shape index (κ2) is 6.95.